The van der Waals surface area contributed by atoms with Crippen LogP contribution in [0, 0.1) is 5.41 Å². The van der Waals surface area contributed by atoms with Crippen LogP contribution in [0.5, 0.6) is 0 Å². The molecule has 0 saturated carbocycles. The third-order valence-corrected chi connectivity index (χ3v) is 3.66. The average molecular weight is 270 g/mol. The Balaban J connectivity index is 2.37. The van der Waals surface area contributed by atoms with E-state index in [0.717, 1.165) is 6.42 Å². The number of hydrogen-bond acceptors (Lipinski definition) is 3. The fourth-order valence-corrected chi connectivity index (χ4v) is 2.15. The van der Waals surface area contributed by atoms with E-state index in [2.05, 4.69) is 20.8 Å². The molecule has 1 unspecified atom stereocenters. The van der Waals surface area contributed by atoms with Crippen LogP contribution in [0.1, 0.15) is 40.5 Å². The second-order valence-corrected chi connectivity index (χ2v) is 6.49. The first-order valence-electron chi connectivity index (χ1n) is 6.95. The van der Waals surface area contributed by atoms with Crippen molar-refractivity contribution in [1.82, 2.24) is 9.80 Å². The van der Waals surface area contributed by atoms with Gasteiger partial charge in [-0.1, -0.05) is 20.8 Å². The van der Waals surface area contributed by atoms with Gasteiger partial charge in [0.1, 0.15) is 6.04 Å². The third kappa shape index (κ3) is 5.19. The molecule has 1 saturated heterocycles. The number of aliphatic carboxylic acids is 1. The highest BCUT2D eigenvalue weighted by Crippen LogP contribution is 2.21. The van der Waals surface area contributed by atoms with Crippen LogP contribution in [0.25, 0.3) is 0 Å². The second-order valence-electron chi connectivity index (χ2n) is 6.49. The number of carboxylic acids is 1. The van der Waals surface area contributed by atoms with Crippen LogP contribution < -0.4 is 0 Å². The Hall–Kier alpha value is -1.10. The lowest BCUT2D eigenvalue weighted by Crippen LogP contribution is -2.53. The van der Waals surface area contributed by atoms with Crippen molar-refractivity contribution in [3.63, 3.8) is 0 Å². The molecule has 0 bridgehead atoms. The summed E-state index contributed by atoms with van der Waals surface area (Å²) in [5, 5.41) is 8.96. The van der Waals surface area contributed by atoms with Crippen LogP contribution in [-0.2, 0) is 9.59 Å². The monoisotopic (exact) mass is 270 g/mol. The average Bonchev–Trinajstić information content (AvgIpc) is 2.34. The van der Waals surface area contributed by atoms with Crippen molar-refractivity contribution in [2.75, 3.05) is 26.2 Å². The van der Waals surface area contributed by atoms with E-state index in [0.29, 0.717) is 32.6 Å². The molecular formula is C14H26N2O3. The van der Waals surface area contributed by atoms with Gasteiger partial charge in [0.05, 0.1) is 0 Å². The van der Waals surface area contributed by atoms with E-state index in [1.54, 1.807) is 6.92 Å². The van der Waals surface area contributed by atoms with Gasteiger partial charge in [0.25, 0.3) is 0 Å². The Morgan fingerprint density at radius 3 is 2.11 bits per heavy atom. The number of carbonyl (C=O) groups is 2. The van der Waals surface area contributed by atoms with E-state index in [1.807, 2.05) is 9.80 Å². The Morgan fingerprint density at radius 2 is 1.68 bits per heavy atom. The molecular weight excluding hydrogens is 244 g/mol. The van der Waals surface area contributed by atoms with Crippen LogP contribution in [0.15, 0.2) is 0 Å². The first-order chi connectivity index (χ1) is 8.70. The molecule has 0 spiro atoms. The molecule has 1 amide bonds. The predicted octanol–water partition coefficient (Wildman–Crippen LogP) is 1.43. The SMILES string of the molecule is CC(C(=O)O)N1CCN(C(=O)CCC(C)(C)C)CC1. The minimum Gasteiger partial charge on any atom is -0.480 e. The highest BCUT2D eigenvalue weighted by molar-refractivity contribution is 5.76. The Morgan fingerprint density at radius 1 is 1.16 bits per heavy atom. The third-order valence-electron chi connectivity index (χ3n) is 3.66. The lowest BCUT2D eigenvalue weighted by atomic mass is 9.90. The molecule has 0 aromatic carbocycles. The predicted molar refractivity (Wildman–Crippen MR) is 73.9 cm³/mol. The van der Waals surface area contributed by atoms with Crippen LogP contribution in [0.4, 0.5) is 0 Å². The van der Waals surface area contributed by atoms with E-state index in [9.17, 15) is 9.59 Å². The molecule has 0 aromatic heterocycles. The molecule has 0 aromatic rings. The molecule has 19 heavy (non-hydrogen) atoms. The molecule has 5 heteroatoms. The summed E-state index contributed by atoms with van der Waals surface area (Å²) in [5.41, 5.74) is 0.176. The number of hydrogen-bond donors (Lipinski definition) is 1. The van der Waals surface area contributed by atoms with Gasteiger partial charge in [0, 0.05) is 32.6 Å². The molecule has 1 atom stereocenters. The van der Waals surface area contributed by atoms with Crippen molar-refractivity contribution in [3.8, 4) is 0 Å². The Labute approximate surface area is 115 Å². The fourth-order valence-electron chi connectivity index (χ4n) is 2.15. The first-order valence-corrected chi connectivity index (χ1v) is 6.95. The van der Waals surface area contributed by atoms with Gasteiger partial charge in [-0.05, 0) is 18.8 Å². The summed E-state index contributed by atoms with van der Waals surface area (Å²) >= 11 is 0. The molecule has 1 heterocycles. The van der Waals surface area contributed by atoms with E-state index >= 15 is 0 Å². The van der Waals surface area contributed by atoms with Gasteiger partial charge in [0.15, 0.2) is 0 Å². The maximum absolute atomic E-state index is 12.0. The van der Waals surface area contributed by atoms with E-state index in [4.69, 9.17) is 5.11 Å². The summed E-state index contributed by atoms with van der Waals surface area (Å²) in [6.45, 7) is 10.7. The van der Waals surface area contributed by atoms with E-state index in [1.165, 1.54) is 0 Å². The molecule has 5 nitrogen and oxygen atoms in total. The summed E-state index contributed by atoms with van der Waals surface area (Å²) in [5.74, 6) is -0.606. The van der Waals surface area contributed by atoms with Crippen LogP contribution >= 0.6 is 0 Å². The lowest BCUT2D eigenvalue weighted by Gasteiger charge is -2.37. The van der Waals surface area contributed by atoms with Gasteiger partial charge >= 0.3 is 5.97 Å². The zero-order valence-electron chi connectivity index (χ0n) is 12.5. The van der Waals surface area contributed by atoms with Crippen molar-refractivity contribution in [3.05, 3.63) is 0 Å². The Bertz CT molecular complexity index is 328. The number of carbonyl (C=O) groups excluding carboxylic acids is 1. The van der Waals surface area contributed by atoms with Crippen LogP contribution in [0.3, 0.4) is 0 Å². The van der Waals surface area contributed by atoms with Crippen LogP contribution in [0.2, 0.25) is 0 Å². The van der Waals surface area contributed by atoms with Crippen molar-refractivity contribution >= 4 is 11.9 Å². The van der Waals surface area contributed by atoms with Crippen molar-refractivity contribution in [2.24, 2.45) is 5.41 Å². The van der Waals surface area contributed by atoms with Crippen molar-refractivity contribution < 1.29 is 14.7 Å². The first kappa shape index (κ1) is 16.0. The highest BCUT2D eigenvalue weighted by atomic mass is 16.4. The molecule has 0 aliphatic carbocycles. The van der Waals surface area contributed by atoms with Crippen molar-refractivity contribution in [2.45, 2.75) is 46.6 Å². The minimum absolute atomic E-state index is 0.176. The van der Waals surface area contributed by atoms with Gasteiger partial charge in [-0.3, -0.25) is 14.5 Å². The van der Waals surface area contributed by atoms with Crippen molar-refractivity contribution in [1.29, 1.82) is 0 Å². The number of carboxylic acid groups (broad SMARTS) is 1. The molecule has 1 aliphatic heterocycles. The quantitative estimate of drug-likeness (QED) is 0.839. The minimum atomic E-state index is -0.799. The molecule has 0 radical (unpaired) electrons. The van der Waals surface area contributed by atoms with Gasteiger partial charge in [-0.25, -0.2) is 0 Å². The summed E-state index contributed by atoms with van der Waals surface area (Å²) in [4.78, 5) is 26.7. The molecule has 1 rings (SSSR count). The van der Waals surface area contributed by atoms with E-state index in [-0.39, 0.29) is 11.3 Å². The fraction of sp³-hybridized carbons (Fsp3) is 0.857. The zero-order valence-corrected chi connectivity index (χ0v) is 12.5. The second kappa shape index (κ2) is 6.37. The number of amides is 1. The maximum atomic E-state index is 12.0. The Kier molecular flexibility index (Phi) is 5.35. The zero-order chi connectivity index (χ0) is 14.6. The highest BCUT2D eigenvalue weighted by Gasteiger charge is 2.27. The number of rotatable bonds is 4. The lowest BCUT2D eigenvalue weighted by molar-refractivity contribution is -0.144. The van der Waals surface area contributed by atoms with Gasteiger partial charge < -0.3 is 10.0 Å². The summed E-state index contributed by atoms with van der Waals surface area (Å²) in [6, 6.07) is -0.466. The standard InChI is InChI=1S/C14H26N2O3/c1-11(13(18)19)15-7-9-16(10-8-15)12(17)5-6-14(2,3)4/h11H,5-10H2,1-4H3,(H,18,19). The summed E-state index contributed by atoms with van der Waals surface area (Å²) < 4.78 is 0. The number of piperazine rings is 1. The van der Waals surface area contributed by atoms with Crippen LogP contribution in [-0.4, -0.2) is 59.0 Å². The number of nitrogens with zero attached hydrogens (tertiary/aromatic N) is 2. The van der Waals surface area contributed by atoms with E-state index < -0.39 is 12.0 Å². The molecule has 1 aliphatic rings. The normalized spacial score (nSPS) is 19.3. The smallest absolute Gasteiger partial charge is 0.320 e. The molecule has 110 valence electrons. The summed E-state index contributed by atoms with van der Waals surface area (Å²) in [6.07, 6.45) is 1.47. The largest absolute Gasteiger partial charge is 0.480 e. The van der Waals surface area contributed by atoms with Gasteiger partial charge in [0.2, 0.25) is 5.91 Å². The molecule has 1 N–H and O–H groups in total. The summed E-state index contributed by atoms with van der Waals surface area (Å²) in [7, 11) is 0. The van der Waals surface area contributed by atoms with Gasteiger partial charge in [-0.15, -0.1) is 0 Å². The topological polar surface area (TPSA) is 60.9 Å². The molecule has 1 fully saturated rings. The van der Waals surface area contributed by atoms with Gasteiger partial charge in [-0.2, -0.15) is 0 Å². The maximum Gasteiger partial charge on any atom is 0.320 e.